The van der Waals surface area contributed by atoms with Gasteiger partial charge in [-0.05, 0) is 24.8 Å². The van der Waals surface area contributed by atoms with Gasteiger partial charge in [0.1, 0.15) is 6.04 Å². The summed E-state index contributed by atoms with van der Waals surface area (Å²) in [5.41, 5.74) is 6.80. The first-order valence-electron chi connectivity index (χ1n) is 5.70. The molecule has 0 unspecified atom stereocenters. The predicted octanol–water partition coefficient (Wildman–Crippen LogP) is 1.90. The van der Waals surface area contributed by atoms with Crippen LogP contribution >= 0.6 is 0 Å². The normalized spacial score (nSPS) is 12.1. The Morgan fingerprint density at radius 2 is 2.06 bits per heavy atom. The largest absolute Gasteiger partial charge is 0.465 e. The maximum atomic E-state index is 11.2. The average Bonchev–Trinajstić information content (AvgIpc) is 2.34. The molecule has 0 heterocycles. The van der Waals surface area contributed by atoms with Crippen molar-refractivity contribution in [3.05, 3.63) is 35.9 Å². The molecule has 0 aliphatic carbocycles. The monoisotopic (exact) mass is 221 g/mol. The van der Waals surface area contributed by atoms with Crippen LogP contribution in [0.3, 0.4) is 0 Å². The first-order valence-corrected chi connectivity index (χ1v) is 5.70. The van der Waals surface area contributed by atoms with E-state index in [9.17, 15) is 4.79 Å². The molecule has 1 aromatic rings. The van der Waals surface area contributed by atoms with Gasteiger partial charge in [-0.15, -0.1) is 0 Å². The molecule has 1 aromatic carbocycles. The average molecular weight is 221 g/mol. The highest BCUT2D eigenvalue weighted by Crippen LogP contribution is 2.02. The van der Waals surface area contributed by atoms with Gasteiger partial charge in [-0.1, -0.05) is 37.3 Å². The smallest absolute Gasteiger partial charge is 0.322 e. The van der Waals surface area contributed by atoms with Crippen molar-refractivity contribution in [3.8, 4) is 0 Å². The fourth-order valence-electron chi connectivity index (χ4n) is 1.37. The molecule has 0 aliphatic rings. The lowest BCUT2D eigenvalue weighted by molar-refractivity contribution is -0.145. The highest BCUT2D eigenvalue weighted by atomic mass is 16.5. The zero-order valence-corrected chi connectivity index (χ0v) is 9.69. The van der Waals surface area contributed by atoms with E-state index >= 15 is 0 Å². The highest BCUT2D eigenvalue weighted by molar-refractivity contribution is 5.75. The topological polar surface area (TPSA) is 52.3 Å². The van der Waals surface area contributed by atoms with Gasteiger partial charge in [-0.25, -0.2) is 0 Å². The summed E-state index contributed by atoms with van der Waals surface area (Å²) in [4.78, 5) is 11.2. The van der Waals surface area contributed by atoms with Gasteiger partial charge < -0.3 is 10.5 Å². The quantitative estimate of drug-likeness (QED) is 0.589. The van der Waals surface area contributed by atoms with Gasteiger partial charge in [0.15, 0.2) is 0 Å². The van der Waals surface area contributed by atoms with E-state index < -0.39 is 6.04 Å². The second kappa shape index (κ2) is 7.01. The molecule has 1 rings (SSSR count). The Bertz CT molecular complexity index is 311. The summed E-state index contributed by atoms with van der Waals surface area (Å²) in [6, 6.07) is 9.67. The standard InChI is InChI=1S/C13H19NO2/c1-2-12(14)13(15)16-10-6-9-11-7-4-3-5-8-11/h3-5,7-8,12H,2,6,9-10,14H2,1H3/t12-/m0/s1. The molecule has 0 fully saturated rings. The van der Waals surface area contributed by atoms with Crippen LogP contribution in [0.2, 0.25) is 0 Å². The summed E-state index contributed by atoms with van der Waals surface area (Å²) in [6.07, 6.45) is 2.39. The number of carbonyl (C=O) groups is 1. The Labute approximate surface area is 96.6 Å². The Kier molecular flexibility index (Phi) is 5.57. The van der Waals surface area contributed by atoms with E-state index in [2.05, 4.69) is 12.1 Å². The molecule has 0 saturated heterocycles. The first kappa shape index (κ1) is 12.7. The van der Waals surface area contributed by atoms with Crippen LogP contribution in [0.4, 0.5) is 0 Å². The molecule has 0 spiro atoms. The fourth-order valence-corrected chi connectivity index (χ4v) is 1.37. The van der Waals surface area contributed by atoms with Crippen molar-refractivity contribution in [2.45, 2.75) is 32.2 Å². The van der Waals surface area contributed by atoms with Crippen LogP contribution in [0.15, 0.2) is 30.3 Å². The van der Waals surface area contributed by atoms with Gasteiger partial charge in [-0.2, -0.15) is 0 Å². The number of ether oxygens (including phenoxy) is 1. The molecule has 3 heteroatoms. The molecule has 16 heavy (non-hydrogen) atoms. The molecular formula is C13H19NO2. The van der Waals surface area contributed by atoms with Crippen molar-refractivity contribution < 1.29 is 9.53 Å². The number of hydrogen-bond acceptors (Lipinski definition) is 3. The van der Waals surface area contributed by atoms with Crippen LogP contribution in [-0.2, 0) is 16.0 Å². The van der Waals surface area contributed by atoms with Gasteiger partial charge in [-0.3, -0.25) is 4.79 Å². The number of esters is 1. The lowest BCUT2D eigenvalue weighted by Gasteiger charge is -2.09. The maximum Gasteiger partial charge on any atom is 0.322 e. The second-order valence-electron chi connectivity index (χ2n) is 3.77. The van der Waals surface area contributed by atoms with E-state index in [1.54, 1.807) is 0 Å². The van der Waals surface area contributed by atoms with Crippen molar-refractivity contribution in [2.75, 3.05) is 6.61 Å². The van der Waals surface area contributed by atoms with Crippen molar-refractivity contribution >= 4 is 5.97 Å². The first-order chi connectivity index (χ1) is 7.74. The maximum absolute atomic E-state index is 11.2. The molecule has 0 aromatic heterocycles. The van der Waals surface area contributed by atoms with Crippen molar-refractivity contribution in [1.82, 2.24) is 0 Å². The van der Waals surface area contributed by atoms with E-state index in [1.807, 2.05) is 25.1 Å². The molecule has 0 bridgehead atoms. The molecule has 3 nitrogen and oxygen atoms in total. The van der Waals surface area contributed by atoms with Crippen LogP contribution < -0.4 is 5.73 Å². The van der Waals surface area contributed by atoms with Gasteiger partial charge in [0.05, 0.1) is 6.61 Å². The third-order valence-electron chi connectivity index (χ3n) is 2.44. The molecule has 2 N–H and O–H groups in total. The predicted molar refractivity (Wildman–Crippen MR) is 64.0 cm³/mol. The molecule has 1 atom stereocenters. The van der Waals surface area contributed by atoms with Crippen LogP contribution in [0.5, 0.6) is 0 Å². The number of benzene rings is 1. The zero-order valence-electron chi connectivity index (χ0n) is 9.69. The van der Waals surface area contributed by atoms with E-state index in [0.717, 1.165) is 12.8 Å². The Hall–Kier alpha value is -1.35. The van der Waals surface area contributed by atoms with E-state index in [1.165, 1.54) is 5.56 Å². The van der Waals surface area contributed by atoms with Crippen LogP contribution in [0, 0.1) is 0 Å². The van der Waals surface area contributed by atoms with Crippen molar-refractivity contribution in [3.63, 3.8) is 0 Å². The molecule has 88 valence electrons. The second-order valence-corrected chi connectivity index (χ2v) is 3.77. The minimum atomic E-state index is -0.475. The Morgan fingerprint density at radius 3 is 2.69 bits per heavy atom. The Morgan fingerprint density at radius 1 is 1.38 bits per heavy atom. The SMILES string of the molecule is CC[C@H](N)C(=O)OCCCc1ccccc1. The summed E-state index contributed by atoms with van der Waals surface area (Å²) in [7, 11) is 0. The van der Waals surface area contributed by atoms with Crippen LogP contribution in [0.1, 0.15) is 25.3 Å². The summed E-state index contributed by atoms with van der Waals surface area (Å²) >= 11 is 0. The van der Waals surface area contributed by atoms with Gasteiger partial charge in [0.2, 0.25) is 0 Å². The third kappa shape index (κ3) is 4.45. The molecule has 0 radical (unpaired) electrons. The number of nitrogens with two attached hydrogens (primary N) is 1. The van der Waals surface area contributed by atoms with Crippen molar-refractivity contribution in [2.24, 2.45) is 5.73 Å². The number of carbonyl (C=O) groups excluding carboxylic acids is 1. The van der Waals surface area contributed by atoms with Gasteiger partial charge in [0.25, 0.3) is 0 Å². The van der Waals surface area contributed by atoms with E-state index in [-0.39, 0.29) is 5.97 Å². The highest BCUT2D eigenvalue weighted by Gasteiger charge is 2.11. The van der Waals surface area contributed by atoms with E-state index in [4.69, 9.17) is 10.5 Å². The number of hydrogen-bond donors (Lipinski definition) is 1. The van der Waals surface area contributed by atoms with Gasteiger partial charge in [0, 0.05) is 0 Å². The Balaban J connectivity index is 2.15. The summed E-state index contributed by atoms with van der Waals surface area (Å²) in [5.74, 6) is -0.296. The summed E-state index contributed by atoms with van der Waals surface area (Å²) < 4.78 is 5.05. The van der Waals surface area contributed by atoms with Crippen LogP contribution in [0.25, 0.3) is 0 Å². The van der Waals surface area contributed by atoms with E-state index in [0.29, 0.717) is 13.0 Å². The van der Waals surface area contributed by atoms with Crippen molar-refractivity contribution in [1.29, 1.82) is 0 Å². The van der Waals surface area contributed by atoms with Gasteiger partial charge >= 0.3 is 5.97 Å². The molecule has 0 aliphatic heterocycles. The summed E-state index contributed by atoms with van der Waals surface area (Å²) in [5, 5.41) is 0. The molecule has 0 amide bonds. The fraction of sp³-hybridized carbons (Fsp3) is 0.462. The number of rotatable bonds is 6. The molecular weight excluding hydrogens is 202 g/mol. The van der Waals surface area contributed by atoms with Crippen LogP contribution in [-0.4, -0.2) is 18.6 Å². The lowest BCUT2D eigenvalue weighted by Crippen LogP contribution is -2.31. The lowest BCUT2D eigenvalue weighted by atomic mass is 10.1. The number of aryl methyl sites for hydroxylation is 1. The minimum absolute atomic E-state index is 0.296. The zero-order chi connectivity index (χ0) is 11.8. The minimum Gasteiger partial charge on any atom is -0.465 e. The summed E-state index contributed by atoms with van der Waals surface area (Å²) in [6.45, 7) is 2.32. The molecule has 0 saturated carbocycles. The third-order valence-corrected chi connectivity index (χ3v) is 2.44.